The van der Waals surface area contributed by atoms with Crippen LogP contribution in [0.4, 0.5) is 0 Å². The smallest absolute Gasteiger partial charge is 0.234 e. The third-order valence-electron chi connectivity index (χ3n) is 3.06. The molecule has 0 aromatic heterocycles. The van der Waals surface area contributed by atoms with E-state index < -0.39 is 0 Å². The number of hydrogen-bond acceptors (Lipinski definition) is 2. The molecule has 0 bridgehead atoms. The second-order valence-corrected chi connectivity index (χ2v) is 5.28. The minimum absolute atomic E-state index is 0.160. The lowest BCUT2D eigenvalue weighted by atomic mass is 10.1. The predicted molar refractivity (Wildman–Crippen MR) is 67.3 cm³/mol. The van der Waals surface area contributed by atoms with Crippen molar-refractivity contribution in [3.63, 3.8) is 0 Å². The lowest BCUT2D eigenvalue weighted by Crippen LogP contribution is -2.40. The predicted octanol–water partition coefficient (Wildman–Crippen LogP) is 2.07. The van der Waals surface area contributed by atoms with Crippen LogP contribution in [0, 0.1) is 5.92 Å². The monoisotopic (exact) mass is 226 g/mol. The zero-order valence-electron chi connectivity index (χ0n) is 10.7. The molecule has 1 fully saturated rings. The van der Waals surface area contributed by atoms with Crippen LogP contribution in [-0.2, 0) is 4.79 Å². The van der Waals surface area contributed by atoms with Crippen molar-refractivity contribution in [1.29, 1.82) is 0 Å². The first-order chi connectivity index (χ1) is 7.68. The fourth-order valence-electron chi connectivity index (χ4n) is 2.18. The number of nitrogens with one attached hydrogen (secondary N) is 2. The average molecular weight is 226 g/mol. The van der Waals surface area contributed by atoms with E-state index in [1.165, 1.54) is 25.7 Å². The molecule has 16 heavy (non-hydrogen) atoms. The fraction of sp³-hybridized carbons (Fsp3) is 0.923. The second-order valence-electron chi connectivity index (χ2n) is 5.28. The molecule has 0 aliphatic heterocycles. The van der Waals surface area contributed by atoms with Gasteiger partial charge in [0, 0.05) is 6.04 Å². The van der Waals surface area contributed by atoms with Crippen LogP contribution in [0.1, 0.15) is 52.4 Å². The Morgan fingerprint density at radius 1 is 1.19 bits per heavy atom. The molecule has 1 rings (SSSR count). The summed E-state index contributed by atoms with van der Waals surface area (Å²) in [5.41, 5.74) is 0. The van der Waals surface area contributed by atoms with E-state index in [4.69, 9.17) is 0 Å². The van der Waals surface area contributed by atoms with Crippen molar-refractivity contribution in [3.05, 3.63) is 0 Å². The molecule has 2 N–H and O–H groups in total. The van der Waals surface area contributed by atoms with Crippen LogP contribution in [-0.4, -0.2) is 25.0 Å². The summed E-state index contributed by atoms with van der Waals surface area (Å²) in [5, 5.41) is 6.31. The Bertz CT molecular complexity index is 196. The molecule has 3 nitrogen and oxygen atoms in total. The summed E-state index contributed by atoms with van der Waals surface area (Å²) in [6.45, 7) is 5.68. The molecule has 0 radical (unpaired) electrons. The van der Waals surface area contributed by atoms with Gasteiger partial charge in [0.15, 0.2) is 0 Å². The van der Waals surface area contributed by atoms with Crippen LogP contribution >= 0.6 is 0 Å². The molecule has 0 aromatic carbocycles. The molecule has 1 saturated carbocycles. The molecule has 0 spiro atoms. The number of amides is 1. The minimum atomic E-state index is 0.160. The van der Waals surface area contributed by atoms with Gasteiger partial charge in [-0.05, 0) is 25.3 Å². The van der Waals surface area contributed by atoms with Crippen LogP contribution in [0.2, 0.25) is 0 Å². The van der Waals surface area contributed by atoms with Gasteiger partial charge in [0.1, 0.15) is 0 Å². The average Bonchev–Trinajstić information content (AvgIpc) is 2.45. The maximum Gasteiger partial charge on any atom is 0.234 e. The summed E-state index contributed by atoms with van der Waals surface area (Å²) in [5.74, 6) is 0.762. The Hall–Kier alpha value is -0.570. The third kappa shape index (κ3) is 6.11. The van der Waals surface area contributed by atoms with Gasteiger partial charge in [-0.15, -0.1) is 0 Å². The molecule has 94 valence electrons. The highest BCUT2D eigenvalue weighted by molar-refractivity contribution is 5.78. The zero-order valence-corrected chi connectivity index (χ0v) is 10.7. The summed E-state index contributed by atoms with van der Waals surface area (Å²) >= 11 is 0. The lowest BCUT2D eigenvalue weighted by Gasteiger charge is -2.16. The van der Waals surface area contributed by atoms with Crippen LogP contribution in [0.5, 0.6) is 0 Å². The number of rotatable bonds is 5. The van der Waals surface area contributed by atoms with E-state index in [1.807, 2.05) is 0 Å². The maximum absolute atomic E-state index is 11.6. The van der Waals surface area contributed by atoms with Crippen LogP contribution in [0.25, 0.3) is 0 Å². The first kappa shape index (κ1) is 13.5. The standard InChI is InChI=1S/C13H26N2O/c1-11(2)9-14-10-13(16)15-12-7-5-3-4-6-8-12/h11-12,14H,3-10H2,1-2H3,(H,15,16). The SMILES string of the molecule is CC(C)CNCC(=O)NC1CCCCCC1. The molecule has 0 atom stereocenters. The molecule has 0 aromatic rings. The Balaban J connectivity index is 2.12. The van der Waals surface area contributed by atoms with Crippen molar-refractivity contribution in [1.82, 2.24) is 10.6 Å². The maximum atomic E-state index is 11.6. The van der Waals surface area contributed by atoms with E-state index in [1.54, 1.807) is 0 Å². The van der Waals surface area contributed by atoms with Crippen molar-refractivity contribution >= 4 is 5.91 Å². The third-order valence-corrected chi connectivity index (χ3v) is 3.06. The topological polar surface area (TPSA) is 41.1 Å². The van der Waals surface area contributed by atoms with E-state index in [0.717, 1.165) is 19.4 Å². The minimum Gasteiger partial charge on any atom is -0.352 e. The first-order valence-electron chi connectivity index (χ1n) is 6.68. The van der Waals surface area contributed by atoms with Gasteiger partial charge in [-0.2, -0.15) is 0 Å². The summed E-state index contributed by atoms with van der Waals surface area (Å²) < 4.78 is 0. The van der Waals surface area contributed by atoms with E-state index in [-0.39, 0.29) is 5.91 Å². The number of carbonyl (C=O) groups excluding carboxylic acids is 1. The van der Waals surface area contributed by atoms with Gasteiger partial charge in [-0.25, -0.2) is 0 Å². The highest BCUT2D eigenvalue weighted by atomic mass is 16.1. The highest BCUT2D eigenvalue weighted by Gasteiger charge is 2.14. The molecule has 0 unspecified atom stereocenters. The van der Waals surface area contributed by atoms with E-state index in [9.17, 15) is 4.79 Å². The quantitative estimate of drug-likeness (QED) is 0.705. The zero-order chi connectivity index (χ0) is 11.8. The fourth-order valence-corrected chi connectivity index (χ4v) is 2.18. The molecule has 1 aliphatic carbocycles. The Kier molecular flexibility index (Phi) is 6.46. The van der Waals surface area contributed by atoms with Crippen LogP contribution in [0.15, 0.2) is 0 Å². The van der Waals surface area contributed by atoms with Crippen molar-refractivity contribution in [2.24, 2.45) is 5.92 Å². The molecular weight excluding hydrogens is 200 g/mol. The highest BCUT2D eigenvalue weighted by Crippen LogP contribution is 2.16. The largest absolute Gasteiger partial charge is 0.352 e. The summed E-state index contributed by atoms with van der Waals surface area (Å²) in [7, 11) is 0. The summed E-state index contributed by atoms with van der Waals surface area (Å²) in [4.78, 5) is 11.6. The van der Waals surface area contributed by atoms with Gasteiger partial charge < -0.3 is 10.6 Å². The van der Waals surface area contributed by atoms with Crippen molar-refractivity contribution in [2.45, 2.75) is 58.4 Å². The van der Waals surface area contributed by atoms with E-state index in [0.29, 0.717) is 18.5 Å². The molecule has 0 heterocycles. The molecule has 1 amide bonds. The van der Waals surface area contributed by atoms with Crippen molar-refractivity contribution < 1.29 is 4.79 Å². The van der Waals surface area contributed by atoms with Gasteiger partial charge in [0.2, 0.25) is 5.91 Å². The molecule has 1 aliphatic rings. The second kappa shape index (κ2) is 7.66. The van der Waals surface area contributed by atoms with Gasteiger partial charge in [-0.3, -0.25) is 4.79 Å². The van der Waals surface area contributed by atoms with Gasteiger partial charge >= 0.3 is 0 Å². The van der Waals surface area contributed by atoms with Gasteiger partial charge in [0.05, 0.1) is 6.54 Å². The number of hydrogen-bond donors (Lipinski definition) is 2. The van der Waals surface area contributed by atoms with Crippen LogP contribution in [0.3, 0.4) is 0 Å². The van der Waals surface area contributed by atoms with Gasteiger partial charge in [-0.1, -0.05) is 39.5 Å². The lowest BCUT2D eigenvalue weighted by molar-refractivity contribution is -0.121. The summed E-state index contributed by atoms with van der Waals surface area (Å²) in [6, 6.07) is 0.427. The van der Waals surface area contributed by atoms with E-state index >= 15 is 0 Å². The van der Waals surface area contributed by atoms with Gasteiger partial charge in [0.25, 0.3) is 0 Å². The molecule has 0 saturated heterocycles. The normalized spacial score (nSPS) is 18.4. The van der Waals surface area contributed by atoms with E-state index in [2.05, 4.69) is 24.5 Å². The Morgan fingerprint density at radius 3 is 2.38 bits per heavy atom. The molecule has 3 heteroatoms. The Morgan fingerprint density at radius 2 is 1.81 bits per heavy atom. The van der Waals surface area contributed by atoms with Crippen LogP contribution < -0.4 is 10.6 Å². The Labute approximate surface area is 99.4 Å². The molecular formula is C13H26N2O. The number of carbonyl (C=O) groups is 1. The first-order valence-corrected chi connectivity index (χ1v) is 6.68. The van der Waals surface area contributed by atoms with Crippen molar-refractivity contribution in [3.8, 4) is 0 Å². The summed E-state index contributed by atoms with van der Waals surface area (Å²) in [6.07, 6.45) is 7.52. The van der Waals surface area contributed by atoms with Crippen molar-refractivity contribution in [2.75, 3.05) is 13.1 Å².